The minimum atomic E-state index is -0.461. The number of aromatic nitrogens is 2. The zero-order valence-electron chi connectivity index (χ0n) is 12.1. The fraction of sp³-hybridized carbons (Fsp3) is 0.267. The summed E-state index contributed by atoms with van der Waals surface area (Å²) in [6.45, 7) is 0.117. The van der Waals surface area contributed by atoms with Crippen molar-refractivity contribution in [3.63, 3.8) is 0 Å². The van der Waals surface area contributed by atoms with E-state index >= 15 is 0 Å². The van der Waals surface area contributed by atoms with Crippen LogP contribution in [-0.4, -0.2) is 33.3 Å². The predicted molar refractivity (Wildman–Crippen MR) is 86.0 cm³/mol. The summed E-state index contributed by atoms with van der Waals surface area (Å²) in [6.07, 6.45) is 1.11. The number of nitrogens with two attached hydrogens (primary N) is 1. The quantitative estimate of drug-likeness (QED) is 0.842. The highest BCUT2D eigenvalue weighted by Gasteiger charge is 2.29. The molecular formula is C15H15N3O4S. The van der Waals surface area contributed by atoms with Gasteiger partial charge in [-0.2, -0.15) is 4.98 Å². The van der Waals surface area contributed by atoms with E-state index in [1.165, 1.54) is 22.4 Å². The number of esters is 1. The molecule has 7 nitrogen and oxygen atoms in total. The molecule has 2 atom stereocenters. The Morgan fingerprint density at radius 3 is 2.91 bits per heavy atom. The lowest BCUT2D eigenvalue weighted by Gasteiger charge is -2.14. The largest absolute Gasteiger partial charge is 0.458 e. The summed E-state index contributed by atoms with van der Waals surface area (Å²) in [4.78, 5) is 27.3. The molecule has 1 aromatic carbocycles. The van der Waals surface area contributed by atoms with E-state index in [1.807, 2.05) is 6.07 Å². The minimum Gasteiger partial charge on any atom is -0.458 e. The number of carbonyl (C=O) groups excluding carboxylic acids is 1. The van der Waals surface area contributed by atoms with Gasteiger partial charge in [-0.1, -0.05) is 18.2 Å². The molecule has 0 radical (unpaired) electrons. The van der Waals surface area contributed by atoms with Crippen molar-refractivity contribution in [2.24, 2.45) is 0 Å². The Balaban J connectivity index is 1.56. The third-order valence-electron chi connectivity index (χ3n) is 3.26. The second kappa shape index (κ2) is 6.84. The van der Waals surface area contributed by atoms with Gasteiger partial charge in [0.1, 0.15) is 24.1 Å². The van der Waals surface area contributed by atoms with Gasteiger partial charge in [-0.3, -0.25) is 4.57 Å². The summed E-state index contributed by atoms with van der Waals surface area (Å²) < 4.78 is 12.3. The van der Waals surface area contributed by atoms with E-state index in [9.17, 15) is 9.59 Å². The monoisotopic (exact) mass is 333 g/mol. The van der Waals surface area contributed by atoms with Crippen molar-refractivity contribution < 1.29 is 14.3 Å². The molecule has 120 valence electrons. The van der Waals surface area contributed by atoms with Gasteiger partial charge in [-0.15, -0.1) is 11.8 Å². The lowest BCUT2D eigenvalue weighted by Crippen LogP contribution is -2.29. The molecule has 3 rings (SSSR count). The SMILES string of the molecule is Nc1ccn([C@@H]2CS[C@H](COC(=O)c3ccccc3)O2)c(=O)n1. The summed E-state index contributed by atoms with van der Waals surface area (Å²) in [5, 5.41) is 0. The highest BCUT2D eigenvalue weighted by atomic mass is 32.2. The minimum absolute atomic E-state index is 0.117. The molecule has 1 aliphatic rings. The van der Waals surface area contributed by atoms with Gasteiger partial charge in [0.25, 0.3) is 0 Å². The van der Waals surface area contributed by atoms with Gasteiger partial charge in [-0.05, 0) is 18.2 Å². The van der Waals surface area contributed by atoms with Crippen LogP contribution >= 0.6 is 11.8 Å². The first-order valence-corrected chi connectivity index (χ1v) is 8.02. The number of anilines is 1. The Labute approximate surface area is 136 Å². The van der Waals surface area contributed by atoms with Crippen molar-refractivity contribution in [2.45, 2.75) is 11.7 Å². The van der Waals surface area contributed by atoms with E-state index in [0.717, 1.165) is 0 Å². The molecule has 1 saturated heterocycles. The number of benzene rings is 1. The van der Waals surface area contributed by atoms with Crippen molar-refractivity contribution in [1.82, 2.24) is 9.55 Å². The van der Waals surface area contributed by atoms with Crippen molar-refractivity contribution in [3.8, 4) is 0 Å². The smallest absolute Gasteiger partial charge is 0.351 e. The number of nitrogens with zero attached hydrogens (tertiary/aromatic N) is 2. The summed E-state index contributed by atoms with van der Waals surface area (Å²) in [5.74, 6) is 0.341. The van der Waals surface area contributed by atoms with Crippen LogP contribution in [0.15, 0.2) is 47.4 Å². The zero-order chi connectivity index (χ0) is 16.2. The fourth-order valence-corrected chi connectivity index (χ4v) is 3.11. The summed E-state index contributed by atoms with van der Waals surface area (Å²) in [7, 11) is 0. The molecule has 23 heavy (non-hydrogen) atoms. The van der Waals surface area contributed by atoms with Gasteiger partial charge in [-0.25, -0.2) is 9.59 Å². The van der Waals surface area contributed by atoms with Gasteiger partial charge >= 0.3 is 11.7 Å². The summed E-state index contributed by atoms with van der Waals surface area (Å²) in [6, 6.07) is 10.3. The number of rotatable bonds is 4. The lowest BCUT2D eigenvalue weighted by atomic mass is 10.2. The first kappa shape index (κ1) is 15.6. The first-order chi connectivity index (χ1) is 11.1. The van der Waals surface area contributed by atoms with E-state index in [0.29, 0.717) is 11.3 Å². The number of thioether (sulfide) groups is 1. The van der Waals surface area contributed by atoms with Crippen LogP contribution in [0.5, 0.6) is 0 Å². The number of nitrogen functional groups attached to an aromatic ring is 1. The third-order valence-corrected chi connectivity index (χ3v) is 4.35. The molecule has 1 aliphatic heterocycles. The molecule has 0 unspecified atom stereocenters. The van der Waals surface area contributed by atoms with E-state index in [1.54, 1.807) is 30.5 Å². The van der Waals surface area contributed by atoms with Gasteiger partial charge < -0.3 is 15.2 Å². The van der Waals surface area contributed by atoms with Crippen LogP contribution < -0.4 is 11.4 Å². The molecule has 1 fully saturated rings. The molecule has 2 aromatic rings. The van der Waals surface area contributed by atoms with Crippen LogP contribution in [0, 0.1) is 0 Å². The number of carbonyl (C=O) groups is 1. The van der Waals surface area contributed by atoms with E-state index in [-0.39, 0.29) is 17.9 Å². The predicted octanol–water partition coefficient (Wildman–Crippen LogP) is 1.27. The Hall–Kier alpha value is -2.32. The molecule has 2 heterocycles. The van der Waals surface area contributed by atoms with Gasteiger partial charge in [0, 0.05) is 11.9 Å². The van der Waals surface area contributed by atoms with Crippen molar-refractivity contribution in [2.75, 3.05) is 18.1 Å². The summed E-state index contributed by atoms with van der Waals surface area (Å²) >= 11 is 1.48. The van der Waals surface area contributed by atoms with Crippen LogP contribution in [-0.2, 0) is 9.47 Å². The average molecular weight is 333 g/mol. The maximum Gasteiger partial charge on any atom is 0.351 e. The molecule has 2 N–H and O–H groups in total. The Morgan fingerprint density at radius 1 is 1.39 bits per heavy atom. The topological polar surface area (TPSA) is 96.4 Å². The highest BCUT2D eigenvalue weighted by molar-refractivity contribution is 8.00. The Bertz CT molecular complexity index is 750. The zero-order valence-corrected chi connectivity index (χ0v) is 12.9. The highest BCUT2D eigenvalue weighted by Crippen LogP contribution is 2.31. The fourth-order valence-electron chi connectivity index (χ4n) is 2.12. The number of hydrogen-bond donors (Lipinski definition) is 1. The Morgan fingerprint density at radius 2 is 2.17 bits per heavy atom. The van der Waals surface area contributed by atoms with Crippen molar-refractivity contribution >= 4 is 23.5 Å². The van der Waals surface area contributed by atoms with E-state index in [2.05, 4.69) is 4.98 Å². The third kappa shape index (κ3) is 3.72. The first-order valence-electron chi connectivity index (χ1n) is 6.97. The maximum absolute atomic E-state index is 11.9. The Kier molecular flexibility index (Phi) is 4.63. The normalized spacial score (nSPS) is 20.3. The molecule has 0 bridgehead atoms. The molecule has 0 saturated carbocycles. The molecule has 8 heteroatoms. The molecule has 0 amide bonds. The number of hydrogen-bond acceptors (Lipinski definition) is 7. The maximum atomic E-state index is 11.9. The molecular weight excluding hydrogens is 318 g/mol. The second-order valence-electron chi connectivity index (χ2n) is 4.86. The van der Waals surface area contributed by atoms with Gasteiger partial charge in [0.2, 0.25) is 0 Å². The van der Waals surface area contributed by atoms with Crippen LogP contribution in [0.25, 0.3) is 0 Å². The molecule has 0 aliphatic carbocycles. The average Bonchev–Trinajstić information content (AvgIpc) is 3.02. The lowest BCUT2D eigenvalue weighted by molar-refractivity contribution is -0.0177. The van der Waals surface area contributed by atoms with E-state index in [4.69, 9.17) is 15.2 Å². The standard InChI is InChI=1S/C15H15N3O4S/c16-11-6-7-18(15(20)17-11)12-9-23-13(22-12)8-21-14(19)10-4-2-1-3-5-10/h1-7,12-13H,8-9H2,(H2,16,17,20)/t12-,13+/m0/s1. The van der Waals surface area contributed by atoms with Crippen LogP contribution in [0.2, 0.25) is 0 Å². The van der Waals surface area contributed by atoms with Crippen LogP contribution in [0.1, 0.15) is 16.6 Å². The van der Waals surface area contributed by atoms with Gasteiger partial charge in [0.15, 0.2) is 0 Å². The van der Waals surface area contributed by atoms with Crippen LogP contribution in [0.3, 0.4) is 0 Å². The van der Waals surface area contributed by atoms with Crippen LogP contribution in [0.4, 0.5) is 5.82 Å². The molecule has 0 spiro atoms. The summed E-state index contributed by atoms with van der Waals surface area (Å²) in [5.41, 5.74) is 5.17. The van der Waals surface area contributed by atoms with Crippen molar-refractivity contribution in [1.29, 1.82) is 0 Å². The van der Waals surface area contributed by atoms with Crippen molar-refractivity contribution in [3.05, 3.63) is 58.6 Å². The van der Waals surface area contributed by atoms with E-state index < -0.39 is 17.9 Å². The second-order valence-corrected chi connectivity index (χ2v) is 6.05. The van der Waals surface area contributed by atoms with Gasteiger partial charge in [0.05, 0.1) is 5.56 Å². The molecule has 1 aromatic heterocycles. The number of ether oxygens (including phenoxy) is 2.